The Bertz CT molecular complexity index is 8450. The molecule has 24 rings (SSSR count). The van der Waals surface area contributed by atoms with Gasteiger partial charge in [0.15, 0.2) is 0 Å². The second kappa shape index (κ2) is 43.7. The summed E-state index contributed by atoms with van der Waals surface area (Å²) >= 11 is 0. The van der Waals surface area contributed by atoms with Gasteiger partial charge in [-0.25, -0.2) is 0 Å². The molecule has 0 bridgehead atoms. The van der Waals surface area contributed by atoms with Crippen LogP contribution < -0.4 is 44.1 Å². The summed E-state index contributed by atoms with van der Waals surface area (Å²) in [6.45, 7) is 18.9. The van der Waals surface area contributed by atoms with Crippen molar-refractivity contribution >= 4 is 200 Å². The molecule has 0 spiro atoms. The van der Waals surface area contributed by atoms with Crippen molar-refractivity contribution in [1.29, 1.82) is 0 Å². The molecule has 0 saturated heterocycles. The molecule has 0 aliphatic rings. The Balaban J connectivity index is 0.000000128. The topological polar surface area (TPSA) is 44.0 Å². The second-order valence-electron chi connectivity index (χ2n) is 38.6. The van der Waals surface area contributed by atoms with Crippen LogP contribution in [-0.4, -0.2) is 74.1 Å². The number of benzene rings is 21. The van der Waals surface area contributed by atoms with Crippen molar-refractivity contribution in [2.45, 2.75) is 60.8 Å². The van der Waals surface area contributed by atoms with Gasteiger partial charge in [-0.1, -0.05) is 239 Å². The zero-order valence-electron chi connectivity index (χ0n) is 87.0. The van der Waals surface area contributed by atoms with E-state index in [-0.39, 0.29) is 0 Å². The van der Waals surface area contributed by atoms with Gasteiger partial charge in [0.25, 0.3) is 0 Å². The number of nitrogens with zero attached hydrogens (tertiary/aromatic N) is 12. The fraction of sp³-hybridized carbons (Fsp3) is 0.130. The lowest BCUT2D eigenvalue weighted by molar-refractivity contribution is 0.885. The summed E-state index contributed by atoms with van der Waals surface area (Å²) in [4.78, 5) is 21.3. The maximum Gasteiger partial charge on any atom is 0.0542 e. The molecule has 3 heterocycles. The molecular weight excluding hydrogens is 1830 g/mol. The van der Waals surface area contributed by atoms with Crippen molar-refractivity contribution in [2.75, 3.05) is 105 Å². The zero-order chi connectivity index (χ0) is 102. The number of hydrogen-bond donors (Lipinski definition) is 0. The van der Waals surface area contributed by atoms with Crippen LogP contribution in [0.3, 0.4) is 0 Å². The van der Waals surface area contributed by atoms with Crippen molar-refractivity contribution in [3.05, 3.63) is 491 Å². The standard InChI is InChI=1S/C51H40N4.C45H46N4.C42H40N4/c1-52(47-22-10-16-35-13-4-7-19-42(35)47)38-25-27-39(28-26-38)55-50-31-29-40(53(2)48-23-11-17-36-14-5-8-20-43(36)48)33-45(50)46-34-41(30-32-51(46)55)54(3)49-24-12-18-37-15-6-9-21-44(37)49;1-4-30-46(35-16-10-7-11-17-35)38-22-24-39(25-23-38)49-44-28-26-40(47(31-5-2)36-18-12-8-13-19-36)33-42(44)43-34-41(27-29-45(43)49)48(32-6-3)37-20-14-9-15-21-37;1-4-43(32-16-10-7-11-17-32)35-22-24-36(25-23-35)46-41-28-26-37(44(5-2)33-18-12-8-13-19-33)30-39(41)40-31-38(27-29-42(40)46)45(6-3)34-20-14-9-15-21-34/h4-34H,1-3H3;7-29,33-34H,4-6,30-32H2,1-3H3;7-31H,4-6H2,1-3H3. The van der Waals surface area contributed by atoms with Gasteiger partial charge < -0.3 is 57.8 Å². The summed E-state index contributed by atoms with van der Waals surface area (Å²) < 4.78 is 7.27. The van der Waals surface area contributed by atoms with Gasteiger partial charge in [0, 0.05) is 228 Å². The van der Waals surface area contributed by atoms with Crippen molar-refractivity contribution in [1.82, 2.24) is 13.7 Å². The maximum absolute atomic E-state index is 2.44. The highest BCUT2D eigenvalue weighted by Crippen LogP contribution is 2.47. The highest BCUT2D eigenvalue weighted by atomic mass is 15.2. The number of rotatable bonds is 30. The Morgan fingerprint density at radius 2 is 0.340 bits per heavy atom. The molecule has 24 aromatic rings. The number of para-hydroxylation sites is 6. The summed E-state index contributed by atoms with van der Waals surface area (Å²) in [5.74, 6) is 0. The average Bonchev–Trinajstić information content (AvgIpc) is 1.59. The van der Waals surface area contributed by atoms with Crippen molar-refractivity contribution in [3.63, 3.8) is 0 Å². The predicted octanol–water partition coefficient (Wildman–Crippen LogP) is 37.2. The molecule has 0 radical (unpaired) electrons. The van der Waals surface area contributed by atoms with Gasteiger partial charge in [-0.05, 0) is 329 Å². The largest absolute Gasteiger partial charge is 0.344 e. The second-order valence-corrected chi connectivity index (χ2v) is 38.6. The molecule has 3 aromatic heterocycles. The average molecular weight is 1950 g/mol. The first-order valence-corrected chi connectivity index (χ1v) is 53.1. The van der Waals surface area contributed by atoms with E-state index in [9.17, 15) is 0 Å². The molecule has 738 valence electrons. The molecule has 0 unspecified atom stereocenters. The fourth-order valence-corrected chi connectivity index (χ4v) is 22.3. The van der Waals surface area contributed by atoms with Gasteiger partial charge in [-0.15, -0.1) is 0 Å². The fourth-order valence-electron chi connectivity index (χ4n) is 22.3. The van der Waals surface area contributed by atoms with E-state index in [4.69, 9.17) is 0 Å². The molecule has 21 aromatic carbocycles. The normalized spacial score (nSPS) is 11.3. The Morgan fingerprint density at radius 1 is 0.153 bits per heavy atom. The van der Waals surface area contributed by atoms with Crippen LogP contribution >= 0.6 is 0 Å². The van der Waals surface area contributed by atoms with Gasteiger partial charge in [0.05, 0.1) is 33.1 Å². The molecule has 0 atom stereocenters. The Hall–Kier alpha value is -18.0. The summed E-state index contributed by atoms with van der Waals surface area (Å²) in [7, 11) is 6.50. The van der Waals surface area contributed by atoms with E-state index in [1.54, 1.807) is 0 Å². The van der Waals surface area contributed by atoms with E-state index in [2.05, 4.69) is 612 Å². The molecule has 0 saturated carbocycles. The summed E-state index contributed by atoms with van der Waals surface area (Å²) in [6, 6.07) is 178. The number of aromatic nitrogens is 3. The lowest BCUT2D eigenvalue weighted by atomic mass is 10.1. The monoisotopic (exact) mass is 1950 g/mol. The summed E-state index contributed by atoms with van der Waals surface area (Å²) in [5, 5.41) is 14.9. The molecule has 0 fully saturated rings. The number of fused-ring (bicyclic) bond motifs is 12. The SMILES string of the molecule is CCCN(c1ccccc1)c1ccc(-n2c3ccc(N(CCC)c4ccccc4)cc3c3cc(N(CCC)c4ccccc4)ccc32)cc1.CCN(c1ccccc1)c1ccc(-n2c3ccc(N(CC)c4ccccc4)cc3c3cc(N(CC)c4ccccc4)ccc32)cc1.CN(c1ccc(-n2c3ccc(N(C)c4cccc5ccccc45)cc3c3cc(N(C)c4cccc5ccccc45)ccc32)cc1)c1cccc2ccccc12. The first kappa shape index (κ1) is 96.8. The van der Waals surface area contributed by atoms with E-state index in [0.29, 0.717) is 0 Å². The molecule has 0 amide bonds. The minimum atomic E-state index is 0.883. The highest BCUT2D eigenvalue weighted by molar-refractivity contribution is 6.15. The van der Waals surface area contributed by atoms with Crippen LogP contribution in [0.5, 0.6) is 0 Å². The third kappa shape index (κ3) is 19.2. The third-order valence-electron chi connectivity index (χ3n) is 29.6. The van der Waals surface area contributed by atoms with E-state index in [1.165, 1.54) is 183 Å². The van der Waals surface area contributed by atoms with Gasteiger partial charge >= 0.3 is 0 Å². The minimum absolute atomic E-state index is 0.883. The van der Waals surface area contributed by atoms with Crippen LogP contribution in [0.1, 0.15) is 60.8 Å². The third-order valence-corrected chi connectivity index (χ3v) is 29.6. The first-order chi connectivity index (χ1) is 73.9. The molecule has 12 nitrogen and oxygen atoms in total. The van der Waals surface area contributed by atoms with Crippen molar-refractivity contribution < 1.29 is 0 Å². The Morgan fingerprint density at radius 3 is 0.607 bits per heavy atom. The van der Waals surface area contributed by atoms with Gasteiger partial charge in [0.1, 0.15) is 0 Å². The van der Waals surface area contributed by atoms with Crippen LogP contribution in [0.25, 0.3) is 115 Å². The van der Waals surface area contributed by atoms with Gasteiger partial charge in [0.2, 0.25) is 0 Å². The van der Waals surface area contributed by atoms with Crippen molar-refractivity contribution in [3.8, 4) is 17.1 Å². The maximum atomic E-state index is 2.44. The predicted molar refractivity (Wildman–Crippen MR) is 647 cm³/mol. The number of hydrogen-bond acceptors (Lipinski definition) is 9. The first-order valence-electron chi connectivity index (χ1n) is 53.1. The van der Waals surface area contributed by atoms with Crippen LogP contribution in [-0.2, 0) is 0 Å². The smallest absolute Gasteiger partial charge is 0.0542 e. The summed E-state index contributed by atoms with van der Waals surface area (Å²) in [5.41, 5.74) is 32.0. The molecular formula is C138H126N12. The molecule has 0 N–H and O–H groups in total. The molecule has 12 heteroatoms. The van der Waals surface area contributed by atoms with Crippen LogP contribution in [0.2, 0.25) is 0 Å². The summed E-state index contributed by atoms with van der Waals surface area (Å²) in [6.07, 6.45) is 3.20. The lowest BCUT2D eigenvalue weighted by Crippen LogP contribution is -2.17. The van der Waals surface area contributed by atoms with E-state index < -0.39 is 0 Å². The van der Waals surface area contributed by atoms with Gasteiger partial charge in [-0.2, -0.15) is 0 Å². The van der Waals surface area contributed by atoms with Crippen LogP contribution in [0.4, 0.5) is 102 Å². The van der Waals surface area contributed by atoms with Gasteiger partial charge in [-0.3, -0.25) is 0 Å². The molecule has 0 aliphatic carbocycles. The van der Waals surface area contributed by atoms with E-state index >= 15 is 0 Å². The quantitative estimate of drug-likeness (QED) is 0.0438. The minimum Gasteiger partial charge on any atom is -0.344 e. The molecule has 0 aliphatic heterocycles. The van der Waals surface area contributed by atoms with Crippen LogP contribution in [0, 0.1) is 0 Å². The highest BCUT2D eigenvalue weighted by Gasteiger charge is 2.26. The Labute approximate surface area is 881 Å². The van der Waals surface area contributed by atoms with E-state index in [1.807, 2.05) is 0 Å². The zero-order valence-corrected chi connectivity index (χ0v) is 87.0. The van der Waals surface area contributed by atoms with E-state index in [0.717, 1.165) is 92.7 Å². The van der Waals surface area contributed by atoms with Crippen molar-refractivity contribution in [2.24, 2.45) is 0 Å². The lowest BCUT2D eigenvalue weighted by Gasteiger charge is -2.25. The molecule has 150 heavy (non-hydrogen) atoms. The van der Waals surface area contributed by atoms with Crippen LogP contribution in [0.15, 0.2) is 491 Å². The Kier molecular flexibility index (Phi) is 28.2. The number of anilines is 18.